The second-order valence-electron chi connectivity index (χ2n) is 5.60. The van der Waals surface area contributed by atoms with Gasteiger partial charge in [0.25, 0.3) is 0 Å². The Labute approximate surface area is 126 Å². The van der Waals surface area contributed by atoms with Crippen LogP contribution in [0.15, 0.2) is 18.2 Å². The molecule has 1 aromatic rings. The first-order chi connectivity index (χ1) is 10.1. The van der Waals surface area contributed by atoms with Crippen LogP contribution in [0, 0.1) is 5.92 Å². The Bertz CT molecular complexity index is 504. The van der Waals surface area contributed by atoms with Crippen LogP contribution in [0.3, 0.4) is 0 Å². The van der Waals surface area contributed by atoms with E-state index in [1.54, 1.807) is 14.2 Å². The normalized spacial score (nSPS) is 21.4. The molecule has 0 aliphatic carbocycles. The molecule has 2 unspecified atom stereocenters. The predicted octanol–water partition coefficient (Wildman–Crippen LogP) is 1.44. The second kappa shape index (κ2) is 6.80. The number of nitrogens with zero attached hydrogens (tertiary/aromatic N) is 1. The van der Waals surface area contributed by atoms with Crippen molar-refractivity contribution in [3.8, 4) is 11.5 Å². The molecule has 1 amide bonds. The minimum Gasteiger partial charge on any atom is -0.493 e. The van der Waals surface area contributed by atoms with Gasteiger partial charge in [-0.05, 0) is 43.5 Å². The first-order valence-corrected chi connectivity index (χ1v) is 7.29. The Morgan fingerprint density at radius 2 is 2.05 bits per heavy atom. The number of hydrogen-bond acceptors (Lipinski definition) is 4. The van der Waals surface area contributed by atoms with Crippen LogP contribution in [0.2, 0.25) is 0 Å². The maximum absolute atomic E-state index is 12.5. The summed E-state index contributed by atoms with van der Waals surface area (Å²) in [6.07, 6.45) is 1.37. The van der Waals surface area contributed by atoms with Gasteiger partial charge in [0.05, 0.1) is 20.6 Å². The van der Waals surface area contributed by atoms with Gasteiger partial charge in [-0.25, -0.2) is 0 Å². The van der Waals surface area contributed by atoms with E-state index in [0.717, 1.165) is 18.5 Å². The molecule has 1 aromatic carbocycles. The molecule has 1 aliphatic rings. The van der Waals surface area contributed by atoms with Gasteiger partial charge in [-0.15, -0.1) is 0 Å². The Balaban J connectivity index is 2.06. The highest BCUT2D eigenvalue weighted by atomic mass is 16.5. The van der Waals surface area contributed by atoms with E-state index in [4.69, 9.17) is 15.2 Å². The van der Waals surface area contributed by atoms with Gasteiger partial charge in [-0.2, -0.15) is 0 Å². The van der Waals surface area contributed by atoms with Crippen molar-refractivity contribution in [2.75, 3.05) is 27.3 Å². The molecule has 0 aromatic heterocycles. The summed E-state index contributed by atoms with van der Waals surface area (Å²) < 4.78 is 10.5. The molecule has 2 atom stereocenters. The van der Waals surface area contributed by atoms with Crippen molar-refractivity contribution in [3.63, 3.8) is 0 Å². The Morgan fingerprint density at radius 3 is 2.62 bits per heavy atom. The third-order valence-electron chi connectivity index (χ3n) is 4.12. The summed E-state index contributed by atoms with van der Waals surface area (Å²) in [6, 6.07) is 5.86. The SMILES string of the molecule is COc1ccc(CC(=O)N2CC(CN)CC2C)cc1OC. The van der Waals surface area contributed by atoms with Gasteiger partial charge < -0.3 is 20.1 Å². The number of hydrogen-bond donors (Lipinski definition) is 1. The molecule has 1 saturated heterocycles. The molecule has 21 heavy (non-hydrogen) atoms. The van der Waals surface area contributed by atoms with Gasteiger partial charge in [0.2, 0.25) is 5.91 Å². The molecule has 0 bridgehead atoms. The topological polar surface area (TPSA) is 64.8 Å². The van der Waals surface area contributed by atoms with E-state index in [1.807, 2.05) is 23.1 Å². The van der Waals surface area contributed by atoms with Crippen molar-refractivity contribution >= 4 is 5.91 Å². The number of ether oxygens (including phenoxy) is 2. The van der Waals surface area contributed by atoms with Gasteiger partial charge >= 0.3 is 0 Å². The van der Waals surface area contributed by atoms with E-state index in [9.17, 15) is 4.79 Å². The maximum Gasteiger partial charge on any atom is 0.227 e. The number of benzene rings is 1. The average molecular weight is 292 g/mol. The monoisotopic (exact) mass is 292 g/mol. The molecular formula is C16H24N2O3. The van der Waals surface area contributed by atoms with E-state index in [-0.39, 0.29) is 11.9 Å². The van der Waals surface area contributed by atoms with Crippen LogP contribution in [0.4, 0.5) is 0 Å². The lowest BCUT2D eigenvalue weighted by atomic mass is 10.1. The molecule has 5 nitrogen and oxygen atoms in total. The number of methoxy groups -OCH3 is 2. The lowest BCUT2D eigenvalue weighted by molar-refractivity contribution is -0.131. The van der Waals surface area contributed by atoms with Crippen LogP contribution < -0.4 is 15.2 Å². The molecule has 2 rings (SSSR count). The van der Waals surface area contributed by atoms with Crippen molar-refractivity contribution in [2.24, 2.45) is 11.7 Å². The van der Waals surface area contributed by atoms with E-state index in [2.05, 4.69) is 6.92 Å². The summed E-state index contributed by atoms with van der Waals surface area (Å²) in [5.74, 6) is 1.89. The molecule has 1 aliphatic heterocycles. The first-order valence-electron chi connectivity index (χ1n) is 7.29. The largest absolute Gasteiger partial charge is 0.493 e. The summed E-state index contributed by atoms with van der Waals surface area (Å²) in [4.78, 5) is 14.4. The highest BCUT2D eigenvalue weighted by Gasteiger charge is 2.31. The van der Waals surface area contributed by atoms with Crippen molar-refractivity contribution in [3.05, 3.63) is 23.8 Å². The molecule has 116 valence electrons. The van der Waals surface area contributed by atoms with Crippen LogP contribution in [0.1, 0.15) is 18.9 Å². The molecule has 1 fully saturated rings. The molecule has 0 spiro atoms. The summed E-state index contributed by atoms with van der Waals surface area (Å²) >= 11 is 0. The van der Waals surface area contributed by atoms with Crippen LogP contribution in [0.25, 0.3) is 0 Å². The van der Waals surface area contributed by atoms with Gasteiger partial charge in [0.1, 0.15) is 0 Å². The molecular weight excluding hydrogens is 268 g/mol. The molecule has 2 N–H and O–H groups in total. The highest BCUT2D eigenvalue weighted by molar-refractivity contribution is 5.79. The lowest BCUT2D eigenvalue weighted by Crippen LogP contribution is -2.35. The summed E-state index contributed by atoms with van der Waals surface area (Å²) in [5, 5.41) is 0. The lowest BCUT2D eigenvalue weighted by Gasteiger charge is -2.21. The third-order valence-corrected chi connectivity index (χ3v) is 4.12. The highest BCUT2D eigenvalue weighted by Crippen LogP contribution is 2.28. The first kappa shape index (κ1) is 15.6. The van der Waals surface area contributed by atoms with E-state index in [1.165, 1.54) is 0 Å². The predicted molar refractivity (Wildman–Crippen MR) is 81.6 cm³/mol. The summed E-state index contributed by atoms with van der Waals surface area (Å²) in [5.41, 5.74) is 6.64. The fourth-order valence-corrected chi connectivity index (χ4v) is 2.93. The van der Waals surface area contributed by atoms with Crippen molar-refractivity contribution in [1.29, 1.82) is 0 Å². The molecule has 0 saturated carbocycles. The Hall–Kier alpha value is -1.75. The number of likely N-dealkylation sites (tertiary alicyclic amines) is 1. The smallest absolute Gasteiger partial charge is 0.227 e. The van der Waals surface area contributed by atoms with E-state index < -0.39 is 0 Å². The zero-order valence-electron chi connectivity index (χ0n) is 13.0. The number of rotatable bonds is 5. The number of carbonyl (C=O) groups excluding carboxylic acids is 1. The van der Waals surface area contributed by atoms with Crippen LogP contribution >= 0.6 is 0 Å². The Kier molecular flexibility index (Phi) is 5.07. The zero-order valence-corrected chi connectivity index (χ0v) is 13.0. The average Bonchev–Trinajstić information content (AvgIpc) is 2.88. The van der Waals surface area contributed by atoms with Gasteiger partial charge in [0, 0.05) is 12.6 Å². The third kappa shape index (κ3) is 3.47. The number of amides is 1. The fourth-order valence-electron chi connectivity index (χ4n) is 2.93. The quantitative estimate of drug-likeness (QED) is 0.892. The molecule has 0 radical (unpaired) electrons. The van der Waals surface area contributed by atoms with Gasteiger partial charge in [-0.3, -0.25) is 4.79 Å². The second-order valence-corrected chi connectivity index (χ2v) is 5.60. The van der Waals surface area contributed by atoms with Crippen molar-refractivity contribution in [1.82, 2.24) is 4.90 Å². The molecule has 1 heterocycles. The fraction of sp³-hybridized carbons (Fsp3) is 0.562. The number of nitrogens with two attached hydrogens (primary N) is 1. The number of carbonyl (C=O) groups is 1. The van der Waals surface area contributed by atoms with E-state index >= 15 is 0 Å². The molecule has 5 heteroatoms. The van der Waals surface area contributed by atoms with Gasteiger partial charge in [-0.1, -0.05) is 6.07 Å². The summed E-state index contributed by atoms with van der Waals surface area (Å²) in [7, 11) is 3.19. The minimum atomic E-state index is 0.144. The van der Waals surface area contributed by atoms with Crippen molar-refractivity contribution < 1.29 is 14.3 Å². The zero-order chi connectivity index (χ0) is 15.4. The van der Waals surface area contributed by atoms with Gasteiger partial charge in [0.15, 0.2) is 11.5 Å². The summed E-state index contributed by atoms with van der Waals surface area (Å²) in [6.45, 7) is 3.50. The minimum absolute atomic E-state index is 0.144. The van der Waals surface area contributed by atoms with Crippen LogP contribution in [0.5, 0.6) is 11.5 Å². The maximum atomic E-state index is 12.5. The van der Waals surface area contributed by atoms with Crippen LogP contribution in [-0.2, 0) is 11.2 Å². The van der Waals surface area contributed by atoms with E-state index in [0.29, 0.717) is 30.4 Å². The van der Waals surface area contributed by atoms with Crippen LogP contribution in [-0.4, -0.2) is 44.2 Å². The van der Waals surface area contributed by atoms with Crippen molar-refractivity contribution in [2.45, 2.75) is 25.8 Å². The standard InChI is InChI=1S/C16H24N2O3/c1-11-6-13(9-17)10-18(11)16(19)8-12-4-5-14(20-2)15(7-12)21-3/h4-5,7,11,13H,6,8-10,17H2,1-3H3. The Morgan fingerprint density at radius 1 is 1.33 bits per heavy atom.